The molecule has 1 aliphatic carbocycles. The fourth-order valence-electron chi connectivity index (χ4n) is 2.46. The Kier molecular flexibility index (Phi) is 6.00. The van der Waals surface area contributed by atoms with Gasteiger partial charge in [0, 0.05) is 12.5 Å². The lowest BCUT2D eigenvalue weighted by atomic mass is 9.93. The van der Waals surface area contributed by atoms with Crippen molar-refractivity contribution in [2.45, 2.75) is 52.4 Å². The van der Waals surface area contributed by atoms with Crippen LogP contribution in [-0.2, 0) is 22.7 Å². The van der Waals surface area contributed by atoms with Gasteiger partial charge in [-0.05, 0) is 44.2 Å². The quantitative estimate of drug-likeness (QED) is 0.812. The molecule has 0 saturated heterocycles. The summed E-state index contributed by atoms with van der Waals surface area (Å²) in [4.78, 5) is 12.1. The highest BCUT2D eigenvalue weighted by Crippen LogP contribution is 2.18. The number of hydrogen-bond donors (Lipinski definition) is 1. The zero-order chi connectivity index (χ0) is 15.1. The molecule has 1 atom stereocenters. The third-order valence-corrected chi connectivity index (χ3v) is 3.68. The normalized spacial score (nSPS) is 18.0. The summed E-state index contributed by atoms with van der Waals surface area (Å²) in [5.41, 5.74) is 2.27. The Morgan fingerprint density at radius 2 is 2.14 bits per heavy atom. The van der Waals surface area contributed by atoms with E-state index in [9.17, 15) is 4.79 Å². The van der Waals surface area contributed by atoms with Crippen LogP contribution in [0.2, 0.25) is 0 Å². The predicted molar refractivity (Wildman–Crippen MR) is 84.7 cm³/mol. The van der Waals surface area contributed by atoms with Crippen molar-refractivity contribution in [3.8, 4) is 0 Å². The van der Waals surface area contributed by atoms with E-state index in [4.69, 9.17) is 4.74 Å². The van der Waals surface area contributed by atoms with Gasteiger partial charge in [0.25, 0.3) is 0 Å². The van der Waals surface area contributed by atoms with Crippen molar-refractivity contribution in [1.82, 2.24) is 5.32 Å². The molecule has 1 N–H and O–H groups in total. The van der Waals surface area contributed by atoms with Crippen LogP contribution in [0.4, 0.5) is 0 Å². The lowest BCUT2D eigenvalue weighted by Gasteiger charge is -2.17. The summed E-state index contributed by atoms with van der Waals surface area (Å²) in [7, 11) is 0. The van der Waals surface area contributed by atoms with Crippen molar-refractivity contribution in [1.29, 1.82) is 0 Å². The monoisotopic (exact) mass is 287 g/mol. The minimum absolute atomic E-state index is 0.141. The van der Waals surface area contributed by atoms with E-state index in [1.165, 1.54) is 0 Å². The van der Waals surface area contributed by atoms with Gasteiger partial charge in [-0.2, -0.15) is 0 Å². The average Bonchev–Trinajstić information content (AvgIpc) is 2.52. The summed E-state index contributed by atoms with van der Waals surface area (Å²) in [5, 5.41) is 3.05. The van der Waals surface area contributed by atoms with E-state index in [1.54, 1.807) is 0 Å². The number of nitrogens with one attached hydrogen (secondary N) is 1. The molecule has 1 amide bonds. The molecule has 3 nitrogen and oxygen atoms in total. The van der Waals surface area contributed by atoms with Crippen molar-refractivity contribution >= 4 is 5.91 Å². The summed E-state index contributed by atoms with van der Waals surface area (Å²) in [6, 6.07) is 8.22. The van der Waals surface area contributed by atoms with E-state index in [0.717, 1.165) is 30.4 Å². The van der Waals surface area contributed by atoms with Gasteiger partial charge >= 0.3 is 0 Å². The molecule has 2 rings (SSSR count). The van der Waals surface area contributed by atoms with Crippen LogP contribution in [0, 0.1) is 5.92 Å². The van der Waals surface area contributed by atoms with Gasteiger partial charge in [-0.15, -0.1) is 0 Å². The fourth-order valence-corrected chi connectivity index (χ4v) is 2.46. The smallest absolute Gasteiger partial charge is 0.223 e. The third-order valence-electron chi connectivity index (χ3n) is 3.68. The zero-order valence-corrected chi connectivity index (χ0v) is 13.0. The van der Waals surface area contributed by atoms with E-state index >= 15 is 0 Å². The Labute approximate surface area is 127 Å². The molecule has 1 aromatic carbocycles. The highest BCUT2D eigenvalue weighted by atomic mass is 16.5. The number of rotatable bonds is 6. The topological polar surface area (TPSA) is 38.3 Å². The number of carbonyl (C=O) groups excluding carboxylic acids is 1. The first kappa shape index (κ1) is 15.8. The molecule has 0 saturated carbocycles. The number of allylic oxidation sites excluding steroid dienone is 2. The van der Waals surface area contributed by atoms with Crippen molar-refractivity contribution < 1.29 is 9.53 Å². The first-order valence-electron chi connectivity index (χ1n) is 7.77. The van der Waals surface area contributed by atoms with Gasteiger partial charge in [-0.25, -0.2) is 0 Å². The van der Waals surface area contributed by atoms with Crippen molar-refractivity contribution in [2.75, 3.05) is 0 Å². The van der Waals surface area contributed by atoms with Crippen LogP contribution in [0.25, 0.3) is 0 Å². The molecule has 0 aromatic heterocycles. The predicted octanol–water partition coefficient (Wildman–Crippen LogP) is 3.58. The lowest BCUT2D eigenvalue weighted by molar-refractivity contribution is -0.125. The molecule has 1 aromatic rings. The van der Waals surface area contributed by atoms with E-state index in [2.05, 4.69) is 29.6 Å². The zero-order valence-electron chi connectivity index (χ0n) is 13.0. The summed E-state index contributed by atoms with van der Waals surface area (Å²) in [5.74, 6) is 0.311. The SMILES string of the molecule is CC(C)OCc1cccc(CNC(=O)[C@H]2CC=CCC2)c1. The molecule has 0 aliphatic heterocycles. The largest absolute Gasteiger partial charge is 0.374 e. The van der Waals surface area contributed by atoms with Gasteiger partial charge in [0.2, 0.25) is 5.91 Å². The van der Waals surface area contributed by atoms with Crippen molar-refractivity contribution in [2.24, 2.45) is 5.92 Å². The van der Waals surface area contributed by atoms with E-state index in [0.29, 0.717) is 13.2 Å². The van der Waals surface area contributed by atoms with E-state index < -0.39 is 0 Å². The minimum Gasteiger partial charge on any atom is -0.374 e. The molecular formula is C18H25NO2. The Balaban J connectivity index is 1.83. The van der Waals surface area contributed by atoms with Crippen LogP contribution in [0.15, 0.2) is 36.4 Å². The van der Waals surface area contributed by atoms with Crippen LogP contribution in [0.3, 0.4) is 0 Å². The fraction of sp³-hybridized carbons (Fsp3) is 0.500. The van der Waals surface area contributed by atoms with Gasteiger partial charge in [-0.3, -0.25) is 4.79 Å². The Morgan fingerprint density at radius 3 is 2.86 bits per heavy atom. The van der Waals surface area contributed by atoms with Gasteiger partial charge in [0.05, 0.1) is 12.7 Å². The van der Waals surface area contributed by atoms with Gasteiger partial charge in [0.15, 0.2) is 0 Å². The molecule has 0 unspecified atom stereocenters. The van der Waals surface area contributed by atoms with Crippen LogP contribution in [-0.4, -0.2) is 12.0 Å². The Bertz CT molecular complexity index is 494. The summed E-state index contributed by atoms with van der Waals surface area (Å²) in [6.07, 6.45) is 7.34. The van der Waals surface area contributed by atoms with E-state index in [1.807, 2.05) is 26.0 Å². The molecule has 0 fully saturated rings. The second-order valence-corrected chi connectivity index (χ2v) is 5.88. The summed E-state index contributed by atoms with van der Waals surface area (Å²) in [6.45, 7) is 5.27. The van der Waals surface area contributed by atoms with Gasteiger partial charge in [0.1, 0.15) is 0 Å². The number of amides is 1. The second kappa shape index (κ2) is 7.99. The molecule has 0 bridgehead atoms. The number of hydrogen-bond acceptors (Lipinski definition) is 2. The lowest BCUT2D eigenvalue weighted by Crippen LogP contribution is -2.30. The Hall–Kier alpha value is -1.61. The third kappa shape index (κ3) is 5.35. The van der Waals surface area contributed by atoms with E-state index in [-0.39, 0.29) is 17.9 Å². The summed E-state index contributed by atoms with van der Waals surface area (Å²) < 4.78 is 5.61. The number of carbonyl (C=O) groups is 1. The first-order valence-corrected chi connectivity index (χ1v) is 7.77. The van der Waals surface area contributed by atoms with Crippen LogP contribution in [0.5, 0.6) is 0 Å². The van der Waals surface area contributed by atoms with Crippen molar-refractivity contribution in [3.05, 3.63) is 47.5 Å². The van der Waals surface area contributed by atoms with Crippen molar-refractivity contribution in [3.63, 3.8) is 0 Å². The maximum Gasteiger partial charge on any atom is 0.223 e. The highest BCUT2D eigenvalue weighted by molar-refractivity contribution is 5.78. The molecule has 0 spiro atoms. The average molecular weight is 287 g/mol. The molecule has 0 radical (unpaired) electrons. The van der Waals surface area contributed by atoms with Gasteiger partial charge in [-0.1, -0.05) is 36.4 Å². The van der Waals surface area contributed by atoms with Crippen LogP contribution in [0.1, 0.15) is 44.2 Å². The standard InChI is InChI=1S/C18H25NO2/c1-14(2)21-13-16-8-6-7-15(11-16)12-19-18(20)17-9-4-3-5-10-17/h3-4,6-8,11,14,17H,5,9-10,12-13H2,1-2H3,(H,19,20)/t17-/m0/s1. The Morgan fingerprint density at radius 1 is 1.33 bits per heavy atom. The maximum atomic E-state index is 12.1. The molecule has 114 valence electrons. The van der Waals surface area contributed by atoms with Crippen LogP contribution < -0.4 is 5.32 Å². The number of benzene rings is 1. The van der Waals surface area contributed by atoms with Gasteiger partial charge < -0.3 is 10.1 Å². The molecule has 1 aliphatic rings. The molecular weight excluding hydrogens is 262 g/mol. The summed E-state index contributed by atoms with van der Waals surface area (Å²) >= 11 is 0. The first-order chi connectivity index (χ1) is 10.1. The maximum absolute atomic E-state index is 12.1. The second-order valence-electron chi connectivity index (χ2n) is 5.88. The number of ether oxygens (including phenoxy) is 1. The van der Waals surface area contributed by atoms with Crippen LogP contribution >= 0.6 is 0 Å². The molecule has 0 heterocycles. The highest BCUT2D eigenvalue weighted by Gasteiger charge is 2.17. The minimum atomic E-state index is 0.141. The molecule has 3 heteroatoms. The molecule has 21 heavy (non-hydrogen) atoms.